The summed E-state index contributed by atoms with van der Waals surface area (Å²) in [5.41, 5.74) is -0.714. The molecule has 3 rings (SSSR count). The first kappa shape index (κ1) is 18.6. The van der Waals surface area contributed by atoms with Crippen LogP contribution in [-0.4, -0.2) is 38.9 Å². The summed E-state index contributed by atoms with van der Waals surface area (Å²) in [5, 5.41) is 11.6. The van der Waals surface area contributed by atoms with E-state index in [-0.39, 0.29) is 0 Å². The van der Waals surface area contributed by atoms with E-state index < -0.39 is 11.7 Å². The molecule has 0 aliphatic carbocycles. The Kier molecular flexibility index (Phi) is 5.75. The van der Waals surface area contributed by atoms with Crippen LogP contribution in [0, 0.1) is 0 Å². The normalized spacial score (nSPS) is 16.2. The number of nitrogens with zero attached hydrogens (tertiary/aromatic N) is 5. The number of piperidine rings is 1. The van der Waals surface area contributed by atoms with Gasteiger partial charge in [0.05, 0.1) is 12.1 Å². The Morgan fingerprint density at radius 3 is 2.62 bits per heavy atom. The van der Waals surface area contributed by atoms with Gasteiger partial charge in [-0.1, -0.05) is 6.92 Å². The lowest BCUT2D eigenvalue weighted by atomic mass is 10.0. The Bertz CT molecular complexity index is 689. The smallest absolute Gasteiger partial charge is 0.357 e. The van der Waals surface area contributed by atoms with Gasteiger partial charge in [-0.25, -0.2) is 4.98 Å². The molecule has 0 bridgehead atoms. The van der Waals surface area contributed by atoms with Gasteiger partial charge in [-0.05, 0) is 31.4 Å². The van der Waals surface area contributed by atoms with Gasteiger partial charge in [-0.15, -0.1) is 10.2 Å². The highest BCUT2D eigenvalue weighted by Gasteiger charge is 2.31. The second-order valence-electron chi connectivity index (χ2n) is 6.49. The second-order valence-corrected chi connectivity index (χ2v) is 6.49. The van der Waals surface area contributed by atoms with Crippen molar-refractivity contribution in [3.05, 3.63) is 36.0 Å². The molecular formula is C17H23F3N6. The lowest BCUT2D eigenvalue weighted by molar-refractivity contribution is -0.137. The molecule has 0 unspecified atom stereocenters. The molecule has 1 aliphatic heterocycles. The van der Waals surface area contributed by atoms with Gasteiger partial charge < -0.3 is 14.8 Å². The molecule has 9 heteroatoms. The highest BCUT2D eigenvalue weighted by molar-refractivity contribution is 5.40. The fourth-order valence-electron chi connectivity index (χ4n) is 3.13. The average molecular weight is 368 g/mol. The Balaban J connectivity index is 1.49. The van der Waals surface area contributed by atoms with Crippen LogP contribution in [-0.2, 0) is 19.3 Å². The van der Waals surface area contributed by atoms with Gasteiger partial charge in [0.15, 0.2) is 0 Å². The first-order chi connectivity index (χ1) is 12.5. The molecule has 1 fully saturated rings. The SMILES string of the molecule is CCCn1cnnc1CNC1CCN(c2ccc(C(F)(F)F)cn2)CC1. The van der Waals surface area contributed by atoms with Crippen LogP contribution >= 0.6 is 0 Å². The van der Waals surface area contributed by atoms with Crippen molar-refractivity contribution in [2.75, 3.05) is 18.0 Å². The minimum atomic E-state index is -4.35. The number of rotatable bonds is 6. The number of anilines is 1. The molecule has 1 N–H and O–H groups in total. The maximum absolute atomic E-state index is 12.6. The Labute approximate surface area is 150 Å². The van der Waals surface area contributed by atoms with E-state index in [1.165, 1.54) is 6.07 Å². The zero-order valence-electron chi connectivity index (χ0n) is 14.7. The lowest BCUT2D eigenvalue weighted by Crippen LogP contribution is -2.42. The third kappa shape index (κ3) is 4.51. The minimum Gasteiger partial charge on any atom is -0.357 e. The van der Waals surface area contributed by atoms with Gasteiger partial charge in [0, 0.05) is 31.9 Å². The van der Waals surface area contributed by atoms with E-state index in [4.69, 9.17) is 0 Å². The van der Waals surface area contributed by atoms with E-state index in [2.05, 4.69) is 27.4 Å². The molecule has 3 heterocycles. The van der Waals surface area contributed by atoms with E-state index in [0.717, 1.165) is 57.0 Å². The van der Waals surface area contributed by atoms with Gasteiger partial charge >= 0.3 is 6.18 Å². The Hall–Kier alpha value is -2.16. The minimum absolute atomic E-state index is 0.354. The van der Waals surface area contributed by atoms with Crippen molar-refractivity contribution in [2.24, 2.45) is 0 Å². The second kappa shape index (κ2) is 8.03. The number of halogens is 3. The molecule has 6 nitrogen and oxygen atoms in total. The Morgan fingerprint density at radius 1 is 1.23 bits per heavy atom. The zero-order valence-corrected chi connectivity index (χ0v) is 14.7. The third-order valence-electron chi connectivity index (χ3n) is 4.60. The summed E-state index contributed by atoms with van der Waals surface area (Å²) in [6, 6.07) is 2.89. The first-order valence-corrected chi connectivity index (χ1v) is 8.85. The molecule has 142 valence electrons. The van der Waals surface area contributed by atoms with Gasteiger partial charge in [-0.2, -0.15) is 13.2 Å². The number of hydrogen-bond donors (Lipinski definition) is 1. The number of nitrogens with one attached hydrogen (secondary N) is 1. The van der Waals surface area contributed by atoms with Gasteiger partial charge in [0.25, 0.3) is 0 Å². The standard InChI is InChI=1S/C17H23F3N6/c1-2-7-26-12-23-24-16(26)11-21-14-5-8-25(9-6-14)15-4-3-13(10-22-15)17(18,19)20/h3-4,10,12,14,21H,2,5-9,11H2,1H3. The molecule has 1 aliphatic rings. The van der Waals surface area contributed by atoms with Crippen LogP contribution in [0.3, 0.4) is 0 Å². The van der Waals surface area contributed by atoms with E-state index in [1.54, 1.807) is 6.33 Å². The summed E-state index contributed by atoms with van der Waals surface area (Å²) in [6.07, 6.45) is 1.15. The predicted molar refractivity (Wildman–Crippen MR) is 91.6 cm³/mol. The molecule has 0 saturated carbocycles. The third-order valence-corrected chi connectivity index (χ3v) is 4.60. The number of pyridine rings is 1. The Morgan fingerprint density at radius 2 is 2.00 bits per heavy atom. The fraction of sp³-hybridized carbons (Fsp3) is 0.588. The molecule has 0 amide bonds. The van der Waals surface area contributed by atoms with E-state index in [0.29, 0.717) is 18.4 Å². The summed E-state index contributed by atoms with van der Waals surface area (Å²) in [5.74, 6) is 1.53. The monoisotopic (exact) mass is 368 g/mol. The van der Waals surface area contributed by atoms with Crippen molar-refractivity contribution in [3.8, 4) is 0 Å². The largest absolute Gasteiger partial charge is 0.417 e. The molecule has 0 spiro atoms. The van der Waals surface area contributed by atoms with Crippen molar-refractivity contribution in [2.45, 2.75) is 51.5 Å². The molecule has 26 heavy (non-hydrogen) atoms. The van der Waals surface area contributed by atoms with Crippen LogP contribution in [0.4, 0.5) is 19.0 Å². The zero-order chi connectivity index (χ0) is 18.6. The van der Waals surface area contributed by atoms with E-state index in [9.17, 15) is 13.2 Å². The van der Waals surface area contributed by atoms with Crippen LogP contribution in [0.5, 0.6) is 0 Å². The summed E-state index contributed by atoms with van der Waals surface area (Å²) in [4.78, 5) is 6.00. The summed E-state index contributed by atoms with van der Waals surface area (Å²) >= 11 is 0. The number of hydrogen-bond acceptors (Lipinski definition) is 5. The molecule has 0 aromatic carbocycles. The maximum atomic E-state index is 12.6. The van der Waals surface area contributed by atoms with Crippen molar-refractivity contribution < 1.29 is 13.2 Å². The molecule has 2 aromatic rings. The molecule has 1 saturated heterocycles. The predicted octanol–water partition coefficient (Wildman–Crippen LogP) is 2.86. The maximum Gasteiger partial charge on any atom is 0.417 e. The van der Waals surface area contributed by atoms with Crippen LogP contribution in [0.1, 0.15) is 37.6 Å². The van der Waals surface area contributed by atoms with Crippen molar-refractivity contribution in [1.82, 2.24) is 25.1 Å². The van der Waals surface area contributed by atoms with Crippen LogP contribution < -0.4 is 10.2 Å². The van der Waals surface area contributed by atoms with Crippen molar-refractivity contribution >= 4 is 5.82 Å². The van der Waals surface area contributed by atoms with Crippen LogP contribution in [0.25, 0.3) is 0 Å². The fourth-order valence-corrected chi connectivity index (χ4v) is 3.13. The summed E-state index contributed by atoms with van der Waals surface area (Å²) < 4.78 is 39.9. The summed E-state index contributed by atoms with van der Waals surface area (Å²) in [7, 11) is 0. The van der Waals surface area contributed by atoms with Crippen LogP contribution in [0.15, 0.2) is 24.7 Å². The molecule has 2 aromatic heterocycles. The number of alkyl halides is 3. The van der Waals surface area contributed by atoms with E-state index >= 15 is 0 Å². The molecular weight excluding hydrogens is 345 g/mol. The van der Waals surface area contributed by atoms with Gasteiger partial charge in [0.2, 0.25) is 0 Å². The van der Waals surface area contributed by atoms with E-state index in [1.807, 2.05) is 9.47 Å². The number of aryl methyl sites for hydroxylation is 1. The first-order valence-electron chi connectivity index (χ1n) is 8.85. The van der Waals surface area contributed by atoms with Crippen molar-refractivity contribution in [3.63, 3.8) is 0 Å². The summed E-state index contributed by atoms with van der Waals surface area (Å²) in [6.45, 7) is 5.21. The van der Waals surface area contributed by atoms with Crippen LogP contribution in [0.2, 0.25) is 0 Å². The highest BCUT2D eigenvalue weighted by Crippen LogP contribution is 2.29. The molecule has 0 atom stereocenters. The highest BCUT2D eigenvalue weighted by atomic mass is 19.4. The number of aromatic nitrogens is 4. The lowest BCUT2D eigenvalue weighted by Gasteiger charge is -2.33. The van der Waals surface area contributed by atoms with Gasteiger partial charge in [-0.3, -0.25) is 0 Å². The molecule has 0 radical (unpaired) electrons. The van der Waals surface area contributed by atoms with Gasteiger partial charge in [0.1, 0.15) is 18.0 Å². The van der Waals surface area contributed by atoms with Crippen molar-refractivity contribution in [1.29, 1.82) is 0 Å². The topological polar surface area (TPSA) is 58.9 Å². The average Bonchev–Trinajstić information content (AvgIpc) is 3.07. The quantitative estimate of drug-likeness (QED) is 0.850.